The molecule has 3 aromatic rings. The van der Waals surface area contributed by atoms with Crippen LogP contribution in [-0.4, -0.2) is 77.9 Å². The molecule has 0 atom stereocenters. The molecule has 0 aliphatic carbocycles. The van der Waals surface area contributed by atoms with Gasteiger partial charge in [0.25, 0.3) is 5.91 Å². The number of benzene rings is 1. The van der Waals surface area contributed by atoms with E-state index in [2.05, 4.69) is 48.6 Å². The van der Waals surface area contributed by atoms with E-state index in [4.69, 9.17) is 4.74 Å². The lowest BCUT2D eigenvalue weighted by Crippen LogP contribution is -2.44. The van der Waals surface area contributed by atoms with Crippen molar-refractivity contribution in [3.8, 4) is 5.75 Å². The summed E-state index contributed by atoms with van der Waals surface area (Å²) in [5.41, 5.74) is 3.42. The minimum atomic E-state index is -0.290. The Labute approximate surface area is 192 Å². The molecule has 0 unspecified atom stereocenters. The topological polar surface area (TPSA) is 104 Å². The van der Waals surface area contributed by atoms with Crippen molar-refractivity contribution in [1.82, 2.24) is 24.6 Å². The number of anilines is 6. The molecule has 2 N–H and O–H groups in total. The third-order valence-corrected chi connectivity index (χ3v) is 6.02. The molecular formula is C22H27N9O2. The summed E-state index contributed by atoms with van der Waals surface area (Å²) in [5.74, 6) is 1.39. The fourth-order valence-electron chi connectivity index (χ4n) is 4.12. The summed E-state index contributed by atoms with van der Waals surface area (Å²) in [6, 6.07) is 6.09. The van der Waals surface area contributed by atoms with Crippen LogP contribution in [0.25, 0.3) is 0 Å². The number of ether oxygens (including phenoxy) is 1. The van der Waals surface area contributed by atoms with Crippen LogP contribution in [0.15, 0.2) is 30.6 Å². The van der Waals surface area contributed by atoms with Crippen LogP contribution in [0.4, 0.5) is 34.5 Å². The Morgan fingerprint density at radius 1 is 1.12 bits per heavy atom. The normalized spacial score (nSPS) is 16.1. The molecule has 4 heterocycles. The third kappa shape index (κ3) is 3.91. The maximum Gasteiger partial charge on any atom is 0.278 e. The Kier molecular flexibility index (Phi) is 5.25. The lowest BCUT2D eigenvalue weighted by atomic mass is 10.2. The number of rotatable bonds is 4. The maximum atomic E-state index is 12.6. The first kappa shape index (κ1) is 21.0. The highest BCUT2D eigenvalue weighted by Gasteiger charge is 2.28. The van der Waals surface area contributed by atoms with E-state index in [1.165, 1.54) is 0 Å². The maximum absolute atomic E-state index is 12.6. The van der Waals surface area contributed by atoms with Gasteiger partial charge in [-0.15, -0.1) is 0 Å². The molecule has 11 nitrogen and oxygen atoms in total. The zero-order chi connectivity index (χ0) is 23.1. The molecule has 172 valence electrons. The molecule has 5 rings (SSSR count). The Morgan fingerprint density at radius 3 is 2.67 bits per heavy atom. The van der Waals surface area contributed by atoms with Crippen molar-refractivity contribution < 1.29 is 9.53 Å². The van der Waals surface area contributed by atoms with Crippen molar-refractivity contribution >= 4 is 40.4 Å². The molecule has 0 radical (unpaired) electrons. The van der Waals surface area contributed by atoms with E-state index >= 15 is 0 Å². The minimum absolute atomic E-state index is 0.290. The number of nitrogens with zero attached hydrogens (tertiary/aromatic N) is 7. The fraction of sp³-hybridized carbons (Fsp3) is 0.364. The number of carbonyl (C=O) groups excluding carboxylic acids is 1. The second-order valence-corrected chi connectivity index (χ2v) is 8.28. The highest BCUT2D eigenvalue weighted by molar-refractivity contribution is 6.10. The zero-order valence-electron chi connectivity index (χ0n) is 19.2. The van der Waals surface area contributed by atoms with Gasteiger partial charge >= 0.3 is 0 Å². The highest BCUT2D eigenvalue weighted by atomic mass is 16.5. The van der Waals surface area contributed by atoms with Crippen LogP contribution in [0.3, 0.4) is 0 Å². The van der Waals surface area contributed by atoms with Crippen molar-refractivity contribution in [2.75, 3.05) is 67.8 Å². The summed E-state index contributed by atoms with van der Waals surface area (Å²) in [5, 5.41) is 10.4. The Hall–Kier alpha value is -3.86. The molecule has 0 bridgehead atoms. The second-order valence-electron chi connectivity index (χ2n) is 8.28. The van der Waals surface area contributed by atoms with Crippen molar-refractivity contribution in [1.29, 1.82) is 0 Å². The monoisotopic (exact) mass is 449 g/mol. The van der Waals surface area contributed by atoms with Crippen molar-refractivity contribution in [3.63, 3.8) is 0 Å². The summed E-state index contributed by atoms with van der Waals surface area (Å²) >= 11 is 0. The number of aryl methyl sites for hydroxylation is 1. The van der Waals surface area contributed by atoms with Gasteiger partial charge in [0.2, 0.25) is 5.95 Å². The lowest BCUT2D eigenvalue weighted by Gasteiger charge is -2.34. The van der Waals surface area contributed by atoms with Crippen molar-refractivity contribution in [3.05, 3.63) is 36.3 Å². The first-order valence-electron chi connectivity index (χ1n) is 10.8. The molecule has 2 aromatic heterocycles. The fourth-order valence-corrected chi connectivity index (χ4v) is 4.12. The van der Waals surface area contributed by atoms with E-state index in [0.29, 0.717) is 34.6 Å². The summed E-state index contributed by atoms with van der Waals surface area (Å²) in [6.45, 7) is 4.03. The molecule has 1 aromatic carbocycles. The third-order valence-electron chi connectivity index (χ3n) is 6.02. The van der Waals surface area contributed by atoms with Gasteiger partial charge in [0.15, 0.2) is 11.5 Å². The zero-order valence-corrected chi connectivity index (χ0v) is 19.2. The molecule has 0 spiro atoms. The van der Waals surface area contributed by atoms with Crippen LogP contribution in [0.2, 0.25) is 0 Å². The number of carbonyl (C=O) groups is 1. The smallest absolute Gasteiger partial charge is 0.278 e. The van der Waals surface area contributed by atoms with E-state index in [1.807, 2.05) is 24.1 Å². The minimum Gasteiger partial charge on any atom is -0.494 e. The number of hydrogen-bond acceptors (Lipinski definition) is 9. The number of amides is 1. The molecule has 0 saturated carbocycles. The Morgan fingerprint density at radius 2 is 1.91 bits per heavy atom. The Bertz CT molecular complexity index is 1200. The van der Waals surface area contributed by atoms with Gasteiger partial charge in [-0.05, 0) is 19.2 Å². The SMILES string of the molecule is COc1cc(N2CCN(C)CC2)ccc1Nc1ncc2c(n1)N(C)c1cn(C)nc1C(=O)N2. The predicted molar refractivity (Wildman–Crippen MR) is 127 cm³/mol. The number of fused-ring (bicyclic) bond motifs is 2. The molecule has 2 aliphatic heterocycles. The van der Waals surface area contributed by atoms with E-state index in [-0.39, 0.29) is 5.91 Å². The second kappa shape index (κ2) is 8.24. The van der Waals surface area contributed by atoms with Crippen LogP contribution >= 0.6 is 0 Å². The van der Waals surface area contributed by atoms with Crippen LogP contribution in [0.5, 0.6) is 5.75 Å². The molecule has 1 fully saturated rings. The molecule has 1 saturated heterocycles. The van der Waals surface area contributed by atoms with Gasteiger partial charge < -0.3 is 30.1 Å². The molecular weight excluding hydrogens is 422 g/mol. The van der Waals surface area contributed by atoms with Gasteiger partial charge in [0.1, 0.15) is 11.4 Å². The number of nitrogens with one attached hydrogen (secondary N) is 2. The average molecular weight is 450 g/mol. The van der Waals surface area contributed by atoms with Crippen molar-refractivity contribution in [2.45, 2.75) is 0 Å². The van der Waals surface area contributed by atoms with Gasteiger partial charge in [-0.25, -0.2) is 4.98 Å². The molecule has 33 heavy (non-hydrogen) atoms. The predicted octanol–water partition coefficient (Wildman–Crippen LogP) is 2.05. The number of methoxy groups -OCH3 is 1. The van der Waals surface area contributed by atoms with Crippen molar-refractivity contribution in [2.24, 2.45) is 7.05 Å². The number of piperazine rings is 1. The van der Waals surface area contributed by atoms with Gasteiger partial charge in [-0.1, -0.05) is 0 Å². The van der Waals surface area contributed by atoms with E-state index < -0.39 is 0 Å². The van der Waals surface area contributed by atoms with Crippen LogP contribution in [0, 0.1) is 0 Å². The lowest BCUT2D eigenvalue weighted by molar-refractivity contribution is 0.102. The molecule has 1 amide bonds. The summed E-state index contributed by atoms with van der Waals surface area (Å²) in [4.78, 5) is 28.1. The first-order valence-corrected chi connectivity index (χ1v) is 10.8. The van der Waals surface area contributed by atoms with Gasteiger partial charge in [0.05, 0.1) is 24.7 Å². The van der Waals surface area contributed by atoms with Crippen LogP contribution < -0.4 is 25.2 Å². The summed E-state index contributed by atoms with van der Waals surface area (Å²) in [6.07, 6.45) is 3.38. The summed E-state index contributed by atoms with van der Waals surface area (Å²) in [7, 11) is 7.42. The Balaban J connectivity index is 1.42. The van der Waals surface area contributed by atoms with E-state index in [0.717, 1.165) is 37.6 Å². The van der Waals surface area contributed by atoms with E-state index in [1.54, 1.807) is 31.2 Å². The standard InChI is InChI=1S/C22H27N9O2/c1-28-7-9-31(10-8-28)14-5-6-15(18(11-14)33-4)25-22-23-12-16-20(26-22)30(3)17-13-29(2)27-19(17)21(32)24-16/h5-6,11-13H,7-10H2,1-4H3,(H,24,32)(H,23,25,26). The van der Waals surface area contributed by atoms with Crippen LogP contribution in [-0.2, 0) is 7.05 Å². The molecule has 2 aliphatic rings. The number of hydrogen-bond donors (Lipinski definition) is 2. The first-order chi connectivity index (χ1) is 15.9. The quantitative estimate of drug-likeness (QED) is 0.619. The van der Waals surface area contributed by atoms with Crippen LogP contribution in [0.1, 0.15) is 10.5 Å². The number of aromatic nitrogens is 4. The largest absolute Gasteiger partial charge is 0.494 e. The van der Waals surface area contributed by atoms with Gasteiger partial charge in [-0.3, -0.25) is 9.48 Å². The van der Waals surface area contributed by atoms with Gasteiger partial charge in [-0.2, -0.15) is 10.1 Å². The average Bonchev–Trinajstić information content (AvgIpc) is 3.18. The van der Waals surface area contributed by atoms with E-state index in [9.17, 15) is 4.79 Å². The number of likely N-dealkylation sites (N-methyl/N-ethyl adjacent to an activating group) is 1. The highest BCUT2D eigenvalue weighted by Crippen LogP contribution is 2.36. The summed E-state index contributed by atoms with van der Waals surface area (Å²) < 4.78 is 7.26. The molecule has 11 heteroatoms. The van der Waals surface area contributed by atoms with Gasteiger partial charge in [0, 0.05) is 58.2 Å².